The van der Waals surface area contributed by atoms with E-state index in [0.717, 1.165) is 87.3 Å². The summed E-state index contributed by atoms with van der Waals surface area (Å²) in [6, 6.07) is 6.83. The first-order chi connectivity index (χ1) is 20.2. The third-order valence-electron chi connectivity index (χ3n) is 8.51. The SMILES string of the molecule is Cc1ncc(C2=CCN(CCCc3ccc(F)cc3)CC2)c(N2CCC(C)(C)CC2)c1C(OC(C)(C)C)C(=O)OC(C)C. The first kappa shape index (κ1) is 33.1. The number of piperidine rings is 1. The zero-order valence-electron chi connectivity index (χ0n) is 27.6. The largest absolute Gasteiger partial charge is 0.461 e. The van der Waals surface area contributed by atoms with Crippen LogP contribution in [0.2, 0.25) is 0 Å². The van der Waals surface area contributed by atoms with Crippen molar-refractivity contribution in [2.75, 3.05) is 37.6 Å². The minimum atomic E-state index is -0.869. The van der Waals surface area contributed by atoms with Gasteiger partial charge in [0.2, 0.25) is 0 Å². The smallest absolute Gasteiger partial charge is 0.340 e. The van der Waals surface area contributed by atoms with Crippen molar-refractivity contribution < 1.29 is 18.7 Å². The number of anilines is 1. The number of halogens is 1. The maximum Gasteiger partial charge on any atom is 0.340 e. The van der Waals surface area contributed by atoms with E-state index in [-0.39, 0.29) is 23.3 Å². The molecule has 1 unspecified atom stereocenters. The van der Waals surface area contributed by atoms with E-state index in [0.29, 0.717) is 0 Å². The summed E-state index contributed by atoms with van der Waals surface area (Å²) in [7, 11) is 0. The minimum absolute atomic E-state index is 0.188. The second kappa shape index (κ2) is 13.9. The van der Waals surface area contributed by atoms with E-state index in [9.17, 15) is 9.18 Å². The number of hydrogen-bond acceptors (Lipinski definition) is 6. The lowest BCUT2D eigenvalue weighted by molar-refractivity contribution is -0.171. The van der Waals surface area contributed by atoms with Gasteiger partial charge in [0, 0.05) is 49.2 Å². The van der Waals surface area contributed by atoms with Gasteiger partial charge < -0.3 is 14.4 Å². The fraction of sp³-hybridized carbons (Fsp3) is 0.611. The highest BCUT2D eigenvalue weighted by Gasteiger charge is 2.37. The maximum atomic E-state index is 13.6. The van der Waals surface area contributed by atoms with Crippen LogP contribution in [0.15, 0.2) is 36.5 Å². The molecule has 236 valence electrons. The Kier molecular flexibility index (Phi) is 10.7. The molecule has 6 nitrogen and oxygen atoms in total. The summed E-state index contributed by atoms with van der Waals surface area (Å²) in [5.41, 5.74) is 6.00. The minimum Gasteiger partial charge on any atom is -0.461 e. The highest BCUT2D eigenvalue weighted by molar-refractivity contribution is 5.85. The van der Waals surface area contributed by atoms with E-state index in [1.807, 2.05) is 59.9 Å². The summed E-state index contributed by atoms with van der Waals surface area (Å²) < 4.78 is 25.5. The zero-order chi connectivity index (χ0) is 31.4. The topological polar surface area (TPSA) is 54.9 Å². The Morgan fingerprint density at radius 1 is 1.09 bits per heavy atom. The average Bonchev–Trinajstić information content (AvgIpc) is 2.92. The van der Waals surface area contributed by atoms with Crippen molar-refractivity contribution in [1.82, 2.24) is 9.88 Å². The van der Waals surface area contributed by atoms with Crippen LogP contribution in [0.1, 0.15) is 103 Å². The van der Waals surface area contributed by atoms with Crippen molar-refractivity contribution in [2.45, 2.75) is 105 Å². The molecule has 0 bridgehead atoms. The number of pyridine rings is 1. The van der Waals surface area contributed by atoms with E-state index in [1.54, 1.807) is 0 Å². The second-order valence-corrected chi connectivity index (χ2v) is 14.3. The van der Waals surface area contributed by atoms with Crippen LogP contribution < -0.4 is 4.90 Å². The monoisotopic (exact) mass is 593 g/mol. The molecule has 2 aromatic rings. The van der Waals surface area contributed by atoms with Crippen LogP contribution in [-0.2, 0) is 20.7 Å². The van der Waals surface area contributed by atoms with Crippen molar-refractivity contribution in [1.29, 1.82) is 0 Å². The Morgan fingerprint density at radius 2 is 1.77 bits per heavy atom. The first-order valence-electron chi connectivity index (χ1n) is 16.0. The summed E-state index contributed by atoms with van der Waals surface area (Å²) in [4.78, 5) is 23.4. The standard InChI is InChI=1S/C36H52FN3O3/c1-25(2)42-34(41)33(43-35(4,5)6)31-26(3)38-24-30(32(31)40-22-17-36(7,8)18-23-40)28-15-20-39(21-16-28)19-9-10-27-11-13-29(37)14-12-27/h11-15,24-25,33H,9-10,16-23H2,1-8H3. The molecule has 1 atom stereocenters. The summed E-state index contributed by atoms with van der Waals surface area (Å²) in [5.74, 6) is -0.553. The summed E-state index contributed by atoms with van der Waals surface area (Å²) in [6.45, 7) is 21.0. The van der Waals surface area contributed by atoms with E-state index < -0.39 is 11.7 Å². The summed E-state index contributed by atoms with van der Waals surface area (Å²) >= 11 is 0. The van der Waals surface area contributed by atoms with Crippen LogP contribution in [0, 0.1) is 18.2 Å². The van der Waals surface area contributed by atoms with Gasteiger partial charge in [0.15, 0.2) is 6.10 Å². The Bertz CT molecular complexity index is 1270. The highest BCUT2D eigenvalue weighted by atomic mass is 19.1. The molecule has 0 saturated carbocycles. The molecule has 4 rings (SSSR count). The highest BCUT2D eigenvalue weighted by Crippen LogP contribution is 2.43. The van der Waals surface area contributed by atoms with Crippen molar-refractivity contribution in [2.24, 2.45) is 5.41 Å². The summed E-state index contributed by atoms with van der Waals surface area (Å²) in [5, 5.41) is 0. The molecule has 1 saturated heterocycles. The van der Waals surface area contributed by atoms with E-state index in [4.69, 9.17) is 14.5 Å². The number of nitrogens with zero attached hydrogens (tertiary/aromatic N) is 3. The number of ether oxygens (including phenoxy) is 2. The fourth-order valence-electron chi connectivity index (χ4n) is 6.02. The molecule has 0 N–H and O–H groups in total. The summed E-state index contributed by atoms with van der Waals surface area (Å²) in [6.07, 6.45) is 8.27. The van der Waals surface area contributed by atoms with Crippen molar-refractivity contribution in [3.63, 3.8) is 0 Å². The normalized spacial score (nSPS) is 18.5. The Hall–Kier alpha value is -2.77. The molecule has 7 heteroatoms. The Balaban J connectivity index is 1.64. The molecule has 0 radical (unpaired) electrons. The lowest BCUT2D eigenvalue weighted by Crippen LogP contribution is -2.40. The molecule has 1 aromatic heterocycles. The second-order valence-electron chi connectivity index (χ2n) is 14.3. The van der Waals surface area contributed by atoms with Crippen LogP contribution >= 0.6 is 0 Å². The molecule has 2 aliphatic heterocycles. The maximum absolute atomic E-state index is 13.6. The first-order valence-corrected chi connectivity index (χ1v) is 16.0. The number of aromatic nitrogens is 1. The quantitative estimate of drug-likeness (QED) is 0.263. The number of hydrogen-bond donors (Lipinski definition) is 0. The average molecular weight is 594 g/mol. The van der Waals surface area contributed by atoms with Gasteiger partial charge in [-0.25, -0.2) is 9.18 Å². The van der Waals surface area contributed by atoms with E-state index in [1.165, 1.54) is 23.3 Å². The number of carbonyl (C=O) groups excluding carboxylic acids is 1. The van der Waals surface area contributed by atoms with Gasteiger partial charge in [0.1, 0.15) is 5.82 Å². The fourth-order valence-corrected chi connectivity index (χ4v) is 6.02. The van der Waals surface area contributed by atoms with Gasteiger partial charge in [-0.05, 0) is 109 Å². The van der Waals surface area contributed by atoms with E-state index >= 15 is 0 Å². The lowest BCUT2D eigenvalue weighted by Gasteiger charge is -2.41. The molecule has 2 aliphatic rings. The van der Waals surface area contributed by atoms with Gasteiger partial charge in [-0.3, -0.25) is 9.88 Å². The van der Waals surface area contributed by atoms with Gasteiger partial charge in [-0.2, -0.15) is 0 Å². The molecule has 0 aliphatic carbocycles. The van der Waals surface area contributed by atoms with Crippen LogP contribution in [0.3, 0.4) is 0 Å². The molecule has 1 fully saturated rings. The Labute approximate surface area is 258 Å². The number of aryl methyl sites for hydroxylation is 2. The van der Waals surface area contributed by atoms with Gasteiger partial charge in [0.05, 0.1) is 17.4 Å². The number of carbonyl (C=O) groups is 1. The number of esters is 1. The predicted octanol–water partition coefficient (Wildman–Crippen LogP) is 7.69. The molecule has 1 aromatic carbocycles. The van der Waals surface area contributed by atoms with Crippen molar-refractivity contribution in [3.05, 3.63) is 64.7 Å². The van der Waals surface area contributed by atoms with Crippen LogP contribution in [-0.4, -0.2) is 60.3 Å². The van der Waals surface area contributed by atoms with Crippen molar-refractivity contribution >= 4 is 17.2 Å². The van der Waals surface area contributed by atoms with Gasteiger partial charge in [0.25, 0.3) is 0 Å². The predicted molar refractivity (Wildman–Crippen MR) is 173 cm³/mol. The van der Waals surface area contributed by atoms with Gasteiger partial charge in [-0.1, -0.05) is 32.1 Å². The molecule has 3 heterocycles. The van der Waals surface area contributed by atoms with Gasteiger partial charge in [-0.15, -0.1) is 0 Å². The number of benzene rings is 1. The molecular formula is C36H52FN3O3. The molecule has 0 amide bonds. The molecular weight excluding hydrogens is 541 g/mol. The molecule has 0 spiro atoms. The van der Waals surface area contributed by atoms with E-state index in [2.05, 4.69) is 29.7 Å². The lowest BCUT2D eigenvalue weighted by atomic mass is 9.82. The third-order valence-corrected chi connectivity index (χ3v) is 8.51. The Morgan fingerprint density at radius 3 is 2.35 bits per heavy atom. The van der Waals surface area contributed by atoms with Crippen LogP contribution in [0.4, 0.5) is 10.1 Å². The third kappa shape index (κ3) is 9.12. The van der Waals surface area contributed by atoms with Crippen LogP contribution in [0.25, 0.3) is 5.57 Å². The zero-order valence-corrected chi connectivity index (χ0v) is 27.6. The van der Waals surface area contributed by atoms with Gasteiger partial charge >= 0.3 is 5.97 Å². The number of rotatable bonds is 10. The van der Waals surface area contributed by atoms with Crippen molar-refractivity contribution in [3.8, 4) is 0 Å². The molecule has 43 heavy (non-hydrogen) atoms. The van der Waals surface area contributed by atoms with Crippen LogP contribution in [0.5, 0.6) is 0 Å².